The normalized spacial score (nSPS) is 12.8. The van der Waals surface area contributed by atoms with Crippen LogP contribution in [0.15, 0.2) is 6.33 Å². The first-order valence-corrected chi connectivity index (χ1v) is 5.85. The Morgan fingerprint density at radius 1 is 1.53 bits per heavy atom. The van der Waals surface area contributed by atoms with E-state index in [1.807, 2.05) is 0 Å². The minimum atomic E-state index is -1.01. The first-order valence-electron chi connectivity index (χ1n) is 5.85. The zero-order valence-corrected chi connectivity index (χ0v) is 11.5. The predicted molar refractivity (Wildman–Crippen MR) is 67.4 cm³/mol. The molecule has 1 heterocycles. The summed E-state index contributed by atoms with van der Waals surface area (Å²) in [6.45, 7) is 4.90. The Bertz CT molecular complexity index is 469. The molecule has 0 saturated carbocycles. The lowest BCUT2D eigenvalue weighted by Gasteiger charge is -2.20. The molecule has 0 aromatic carbocycles. The molecule has 106 valence electrons. The fourth-order valence-corrected chi connectivity index (χ4v) is 1.37. The van der Waals surface area contributed by atoms with E-state index in [2.05, 4.69) is 20.8 Å². The van der Waals surface area contributed by atoms with Crippen molar-refractivity contribution >= 4 is 12.0 Å². The van der Waals surface area contributed by atoms with Crippen molar-refractivity contribution in [1.29, 1.82) is 0 Å². The van der Waals surface area contributed by atoms with E-state index in [-0.39, 0.29) is 12.6 Å². The van der Waals surface area contributed by atoms with Crippen LogP contribution in [0.3, 0.4) is 0 Å². The van der Waals surface area contributed by atoms with Gasteiger partial charge in [-0.1, -0.05) is 0 Å². The summed E-state index contributed by atoms with van der Waals surface area (Å²) < 4.78 is 1.70. The number of carbonyl (C=O) groups is 2. The molecule has 1 atom stereocenters. The fraction of sp³-hybridized carbons (Fsp3) is 0.636. The SMILES string of the molecule is CC(NC(=O)NCC(C)(C)C(=O)O)c1nncn1C. The molecule has 0 aliphatic heterocycles. The number of hydrogen-bond acceptors (Lipinski definition) is 4. The Morgan fingerprint density at radius 3 is 2.63 bits per heavy atom. The minimum Gasteiger partial charge on any atom is -0.481 e. The molecule has 0 radical (unpaired) electrons. The van der Waals surface area contributed by atoms with Gasteiger partial charge >= 0.3 is 12.0 Å². The van der Waals surface area contributed by atoms with E-state index in [9.17, 15) is 9.59 Å². The monoisotopic (exact) mass is 269 g/mol. The molecule has 1 rings (SSSR count). The zero-order valence-electron chi connectivity index (χ0n) is 11.5. The first-order chi connectivity index (χ1) is 8.74. The van der Waals surface area contributed by atoms with Crippen molar-refractivity contribution in [3.8, 4) is 0 Å². The number of rotatable bonds is 5. The van der Waals surface area contributed by atoms with E-state index in [1.54, 1.807) is 38.7 Å². The summed E-state index contributed by atoms with van der Waals surface area (Å²) in [7, 11) is 1.78. The van der Waals surface area contributed by atoms with Gasteiger partial charge in [0, 0.05) is 13.6 Å². The topological polar surface area (TPSA) is 109 Å². The molecule has 1 aromatic heterocycles. The van der Waals surface area contributed by atoms with Gasteiger partial charge in [0.15, 0.2) is 5.82 Å². The summed E-state index contributed by atoms with van der Waals surface area (Å²) in [5.74, 6) is -0.346. The van der Waals surface area contributed by atoms with Gasteiger partial charge in [-0.3, -0.25) is 4.79 Å². The number of aromatic nitrogens is 3. The highest BCUT2D eigenvalue weighted by Crippen LogP contribution is 2.13. The van der Waals surface area contributed by atoms with Gasteiger partial charge in [-0.25, -0.2) is 4.79 Å². The maximum Gasteiger partial charge on any atom is 0.315 e. The van der Waals surface area contributed by atoms with E-state index >= 15 is 0 Å². The maximum atomic E-state index is 11.7. The Balaban J connectivity index is 2.48. The molecule has 0 saturated heterocycles. The molecule has 19 heavy (non-hydrogen) atoms. The molecule has 8 nitrogen and oxygen atoms in total. The molecule has 0 fully saturated rings. The van der Waals surface area contributed by atoms with Gasteiger partial charge in [-0.05, 0) is 20.8 Å². The van der Waals surface area contributed by atoms with Crippen LogP contribution in [0, 0.1) is 5.41 Å². The van der Waals surface area contributed by atoms with Gasteiger partial charge in [-0.2, -0.15) is 0 Å². The van der Waals surface area contributed by atoms with Gasteiger partial charge in [0.25, 0.3) is 0 Å². The third-order valence-corrected chi connectivity index (χ3v) is 2.75. The van der Waals surface area contributed by atoms with Crippen LogP contribution < -0.4 is 10.6 Å². The second-order valence-electron chi connectivity index (χ2n) is 5.04. The van der Waals surface area contributed by atoms with Crippen LogP contribution in [-0.2, 0) is 11.8 Å². The molecule has 8 heteroatoms. The van der Waals surface area contributed by atoms with Gasteiger partial charge in [0.2, 0.25) is 0 Å². The molecule has 0 aliphatic carbocycles. The minimum absolute atomic E-state index is 0.0414. The van der Waals surface area contributed by atoms with Crippen LogP contribution in [0.2, 0.25) is 0 Å². The molecule has 0 bridgehead atoms. The number of hydrogen-bond donors (Lipinski definition) is 3. The van der Waals surface area contributed by atoms with Crippen LogP contribution in [0.4, 0.5) is 4.79 Å². The van der Waals surface area contributed by atoms with Crippen molar-refractivity contribution < 1.29 is 14.7 Å². The molecule has 0 spiro atoms. The standard InChI is InChI=1S/C11H19N5O3/c1-7(8-15-13-6-16(8)4)14-10(19)12-5-11(2,3)9(17)18/h6-7H,5H2,1-4H3,(H,17,18)(H2,12,14,19). The number of nitrogens with zero attached hydrogens (tertiary/aromatic N) is 3. The number of carboxylic acids is 1. The molecule has 1 aromatic rings. The molecule has 2 amide bonds. The zero-order chi connectivity index (χ0) is 14.6. The van der Waals surface area contributed by atoms with Gasteiger partial charge in [0.1, 0.15) is 6.33 Å². The molecule has 0 aliphatic rings. The predicted octanol–water partition coefficient (Wildman–Crippen LogP) is 0.286. The van der Waals surface area contributed by atoms with Crippen LogP contribution in [0.5, 0.6) is 0 Å². The molecular formula is C11H19N5O3. The van der Waals surface area contributed by atoms with E-state index in [4.69, 9.17) is 5.11 Å². The fourth-order valence-electron chi connectivity index (χ4n) is 1.37. The van der Waals surface area contributed by atoms with Crippen LogP contribution in [-0.4, -0.2) is 38.4 Å². The highest BCUT2D eigenvalue weighted by atomic mass is 16.4. The quantitative estimate of drug-likeness (QED) is 0.711. The Morgan fingerprint density at radius 2 is 2.16 bits per heavy atom. The Kier molecular flexibility index (Phi) is 4.47. The number of aliphatic carboxylic acids is 1. The van der Waals surface area contributed by atoms with Crippen molar-refractivity contribution in [2.45, 2.75) is 26.8 Å². The number of nitrogens with one attached hydrogen (secondary N) is 2. The maximum absolute atomic E-state index is 11.7. The summed E-state index contributed by atoms with van der Waals surface area (Å²) in [6.07, 6.45) is 1.54. The second-order valence-corrected chi connectivity index (χ2v) is 5.04. The average molecular weight is 269 g/mol. The largest absolute Gasteiger partial charge is 0.481 e. The number of amides is 2. The Labute approximate surface area is 111 Å². The smallest absolute Gasteiger partial charge is 0.315 e. The number of urea groups is 1. The highest BCUT2D eigenvalue weighted by molar-refractivity contribution is 5.77. The summed E-state index contributed by atoms with van der Waals surface area (Å²) in [6, 6.07) is -0.759. The van der Waals surface area contributed by atoms with Crippen molar-refractivity contribution in [1.82, 2.24) is 25.4 Å². The third kappa shape index (κ3) is 3.94. The van der Waals surface area contributed by atoms with Gasteiger partial charge < -0.3 is 20.3 Å². The van der Waals surface area contributed by atoms with E-state index in [0.29, 0.717) is 5.82 Å². The number of carboxylic acid groups (broad SMARTS) is 1. The molecule has 1 unspecified atom stereocenters. The van der Waals surface area contributed by atoms with Crippen molar-refractivity contribution in [2.75, 3.05) is 6.54 Å². The van der Waals surface area contributed by atoms with E-state index in [1.165, 1.54) is 0 Å². The molecule has 3 N–H and O–H groups in total. The van der Waals surface area contributed by atoms with Crippen molar-refractivity contribution in [3.63, 3.8) is 0 Å². The summed E-state index contributed by atoms with van der Waals surface area (Å²) in [5, 5.41) is 21.7. The number of aryl methyl sites for hydroxylation is 1. The van der Waals surface area contributed by atoms with Gasteiger partial charge in [0.05, 0.1) is 11.5 Å². The first kappa shape index (κ1) is 14.9. The van der Waals surface area contributed by atoms with Crippen molar-refractivity contribution in [2.24, 2.45) is 12.5 Å². The van der Waals surface area contributed by atoms with E-state index in [0.717, 1.165) is 0 Å². The lowest BCUT2D eigenvalue weighted by atomic mass is 9.94. The lowest BCUT2D eigenvalue weighted by molar-refractivity contribution is -0.146. The Hall–Kier alpha value is -2.12. The van der Waals surface area contributed by atoms with Crippen LogP contribution >= 0.6 is 0 Å². The van der Waals surface area contributed by atoms with Crippen LogP contribution in [0.1, 0.15) is 32.6 Å². The summed E-state index contributed by atoms with van der Waals surface area (Å²) >= 11 is 0. The van der Waals surface area contributed by atoms with Crippen LogP contribution in [0.25, 0.3) is 0 Å². The number of carbonyl (C=O) groups excluding carboxylic acids is 1. The third-order valence-electron chi connectivity index (χ3n) is 2.75. The summed E-state index contributed by atoms with van der Waals surface area (Å²) in [4.78, 5) is 22.6. The van der Waals surface area contributed by atoms with Gasteiger partial charge in [-0.15, -0.1) is 10.2 Å². The lowest BCUT2D eigenvalue weighted by Crippen LogP contribution is -2.44. The van der Waals surface area contributed by atoms with Crippen molar-refractivity contribution in [3.05, 3.63) is 12.2 Å². The highest BCUT2D eigenvalue weighted by Gasteiger charge is 2.27. The molecular weight excluding hydrogens is 250 g/mol. The summed E-state index contributed by atoms with van der Waals surface area (Å²) in [5.41, 5.74) is -1.01. The van der Waals surface area contributed by atoms with E-state index < -0.39 is 17.4 Å². The average Bonchev–Trinajstić information content (AvgIpc) is 2.73. The second kappa shape index (κ2) is 5.68.